The highest BCUT2D eigenvalue weighted by atomic mass is 32.2. The Bertz CT molecular complexity index is 1370. The second-order valence-electron chi connectivity index (χ2n) is 6.76. The van der Waals surface area contributed by atoms with Crippen molar-refractivity contribution in [1.82, 2.24) is 10.2 Å². The Morgan fingerprint density at radius 3 is 2.55 bits per heavy atom. The van der Waals surface area contributed by atoms with Crippen LogP contribution in [-0.4, -0.2) is 24.5 Å². The fraction of sp³-hybridized carbons (Fsp3) is 0.0500. The molecule has 11 heteroatoms. The lowest BCUT2D eigenvalue weighted by molar-refractivity contribution is -0.117. The second-order valence-corrected chi connectivity index (χ2v) is 10.2. The number of anilines is 3. The molecule has 3 heterocycles. The molecule has 2 aromatic heterocycles. The summed E-state index contributed by atoms with van der Waals surface area (Å²) in [5.41, 5.74) is 1.72. The summed E-state index contributed by atoms with van der Waals surface area (Å²) in [6.07, 6.45) is 0. The molecule has 0 fully saturated rings. The zero-order valence-corrected chi connectivity index (χ0v) is 18.2. The number of thiophene rings is 1. The minimum absolute atomic E-state index is 0.0822. The maximum Gasteiger partial charge on any atom is 0.252 e. The first-order valence-electron chi connectivity index (χ1n) is 9.11. The van der Waals surface area contributed by atoms with Gasteiger partial charge in [0.05, 0.1) is 21.1 Å². The number of carbonyl (C=O) groups is 1. The number of sulfonamides is 1. The molecule has 8 nitrogen and oxygen atoms in total. The number of benzene rings is 2. The summed E-state index contributed by atoms with van der Waals surface area (Å²) in [5, 5.41) is 20.0. The molecular formula is C20H15N5O3S3. The number of aromatic nitrogens is 2. The maximum atomic E-state index is 13.2. The van der Waals surface area contributed by atoms with E-state index in [-0.39, 0.29) is 10.8 Å². The second kappa shape index (κ2) is 7.54. The topological polar surface area (TPSA) is 118 Å². The summed E-state index contributed by atoms with van der Waals surface area (Å²) in [6.45, 7) is 0. The van der Waals surface area contributed by atoms with Gasteiger partial charge in [0.15, 0.2) is 5.01 Å². The minimum Gasteiger partial charge on any atom is -0.322 e. The Kier molecular flexibility index (Phi) is 4.82. The van der Waals surface area contributed by atoms with Crippen molar-refractivity contribution in [2.45, 2.75) is 10.9 Å². The van der Waals surface area contributed by atoms with E-state index in [9.17, 15) is 13.2 Å². The van der Waals surface area contributed by atoms with Gasteiger partial charge in [-0.2, -0.15) is 0 Å². The predicted molar refractivity (Wildman–Crippen MR) is 121 cm³/mol. The standard InChI is InChI=1S/C20H15N5O3S3/c21-31(27,28)13-8-9-15-14(11-13)22-18(26)17(12-5-2-1-3-6-12)25(15)20-24-23-19(30-20)16-7-4-10-29-16/h1-11,17H,(H,22,26)(H2,21,27,28). The molecule has 3 N–H and O–H groups in total. The maximum absolute atomic E-state index is 13.2. The van der Waals surface area contributed by atoms with Gasteiger partial charge in [-0.05, 0) is 35.2 Å². The molecule has 1 atom stereocenters. The summed E-state index contributed by atoms with van der Waals surface area (Å²) in [7, 11) is -3.92. The van der Waals surface area contributed by atoms with Crippen LogP contribution in [0.2, 0.25) is 0 Å². The van der Waals surface area contributed by atoms with Crippen LogP contribution >= 0.6 is 22.7 Å². The van der Waals surface area contributed by atoms with Crippen molar-refractivity contribution in [3.63, 3.8) is 0 Å². The van der Waals surface area contributed by atoms with Crippen LogP contribution in [0.15, 0.2) is 70.9 Å². The Morgan fingerprint density at radius 1 is 1.03 bits per heavy atom. The lowest BCUT2D eigenvalue weighted by Gasteiger charge is -2.36. The third kappa shape index (κ3) is 3.61. The molecule has 1 amide bonds. The first-order chi connectivity index (χ1) is 14.9. The zero-order valence-electron chi connectivity index (χ0n) is 15.8. The van der Waals surface area contributed by atoms with Gasteiger partial charge < -0.3 is 5.32 Å². The summed E-state index contributed by atoms with van der Waals surface area (Å²) in [5.74, 6) is -0.307. The number of primary sulfonamides is 1. The number of fused-ring (bicyclic) bond motifs is 1. The Hall–Kier alpha value is -3.12. The number of nitrogens with two attached hydrogens (primary N) is 1. The Labute approximate surface area is 186 Å². The zero-order chi connectivity index (χ0) is 21.6. The summed E-state index contributed by atoms with van der Waals surface area (Å²) in [6, 6.07) is 16.9. The number of nitrogens with zero attached hydrogens (tertiary/aromatic N) is 3. The fourth-order valence-electron chi connectivity index (χ4n) is 3.42. The molecule has 0 saturated heterocycles. The van der Waals surface area contributed by atoms with E-state index < -0.39 is 16.1 Å². The number of rotatable bonds is 4. The van der Waals surface area contributed by atoms with E-state index in [1.54, 1.807) is 22.3 Å². The van der Waals surface area contributed by atoms with Crippen LogP contribution in [0.4, 0.5) is 16.5 Å². The van der Waals surface area contributed by atoms with E-state index in [0.717, 1.165) is 15.4 Å². The highest BCUT2D eigenvalue weighted by Gasteiger charge is 2.37. The largest absolute Gasteiger partial charge is 0.322 e. The molecule has 1 unspecified atom stereocenters. The van der Waals surface area contributed by atoms with Gasteiger partial charge in [-0.15, -0.1) is 21.5 Å². The van der Waals surface area contributed by atoms with Gasteiger partial charge in [-0.1, -0.05) is 47.7 Å². The van der Waals surface area contributed by atoms with Crippen molar-refractivity contribution < 1.29 is 13.2 Å². The Balaban J connectivity index is 1.68. The van der Waals surface area contributed by atoms with Crippen LogP contribution in [0.3, 0.4) is 0 Å². The quantitative estimate of drug-likeness (QED) is 0.470. The molecule has 0 bridgehead atoms. The van der Waals surface area contributed by atoms with Gasteiger partial charge in [0, 0.05) is 0 Å². The molecule has 156 valence electrons. The smallest absolute Gasteiger partial charge is 0.252 e. The van der Waals surface area contributed by atoms with E-state index in [2.05, 4.69) is 15.5 Å². The van der Waals surface area contributed by atoms with E-state index in [1.807, 2.05) is 47.8 Å². The third-order valence-corrected chi connectivity index (χ3v) is 7.66. The lowest BCUT2D eigenvalue weighted by Crippen LogP contribution is -2.39. The van der Waals surface area contributed by atoms with Gasteiger partial charge in [0.2, 0.25) is 15.2 Å². The molecule has 1 aliphatic rings. The van der Waals surface area contributed by atoms with Crippen molar-refractivity contribution in [2.75, 3.05) is 10.2 Å². The van der Waals surface area contributed by atoms with Gasteiger partial charge >= 0.3 is 0 Å². The molecule has 1 aliphatic heterocycles. The van der Waals surface area contributed by atoms with Crippen molar-refractivity contribution in [3.05, 3.63) is 71.6 Å². The fourth-order valence-corrected chi connectivity index (χ4v) is 5.64. The number of nitrogens with one attached hydrogen (secondary N) is 1. The summed E-state index contributed by atoms with van der Waals surface area (Å²) < 4.78 is 23.6. The Morgan fingerprint density at radius 2 is 1.84 bits per heavy atom. The van der Waals surface area contributed by atoms with Crippen molar-refractivity contribution in [2.24, 2.45) is 5.14 Å². The highest BCUT2D eigenvalue weighted by molar-refractivity contribution is 7.89. The van der Waals surface area contributed by atoms with Gasteiger partial charge in [0.25, 0.3) is 5.91 Å². The lowest BCUT2D eigenvalue weighted by atomic mass is 10.0. The molecule has 0 saturated carbocycles. The highest BCUT2D eigenvalue weighted by Crippen LogP contribution is 2.46. The molecule has 0 radical (unpaired) electrons. The normalized spacial score (nSPS) is 16.1. The molecular weight excluding hydrogens is 454 g/mol. The average Bonchev–Trinajstić information content (AvgIpc) is 3.44. The first kappa shape index (κ1) is 19.8. The molecule has 31 heavy (non-hydrogen) atoms. The number of hydrogen-bond donors (Lipinski definition) is 2. The summed E-state index contributed by atoms with van der Waals surface area (Å²) in [4.78, 5) is 15.8. The van der Waals surface area contributed by atoms with E-state index in [0.29, 0.717) is 16.5 Å². The molecule has 2 aromatic carbocycles. The van der Waals surface area contributed by atoms with Gasteiger partial charge in [-0.3, -0.25) is 9.69 Å². The first-order valence-corrected chi connectivity index (χ1v) is 12.4. The van der Waals surface area contributed by atoms with Crippen LogP contribution in [0, 0.1) is 0 Å². The van der Waals surface area contributed by atoms with Crippen molar-refractivity contribution in [1.29, 1.82) is 0 Å². The molecule has 0 aliphatic carbocycles. The van der Waals surface area contributed by atoms with Crippen LogP contribution in [0.5, 0.6) is 0 Å². The number of hydrogen-bond acceptors (Lipinski definition) is 8. The molecule has 0 spiro atoms. The number of carbonyl (C=O) groups excluding carboxylic acids is 1. The van der Waals surface area contributed by atoms with E-state index >= 15 is 0 Å². The van der Waals surface area contributed by atoms with Crippen LogP contribution < -0.4 is 15.4 Å². The van der Waals surface area contributed by atoms with Gasteiger partial charge in [0.1, 0.15) is 6.04 Å². The number of amides is 1. The SMILES string of the molecule is NS(=O)(=O)c1ccc2c(c1)NC(=O)C(c1ccccc1)N2c1nnc(-c2cccs2)s1. The van der Waals surface area contributed by atoms with Crippen molar-refractivity contribution in [3.8, 4) is 9.88 Å². The van der Waals surface area contributed by atoms with Crippen LogP contribution in [0.25, 0.3) is 9.88 Å². The monoisotopic (exact) mass is 469 g/mol. The third-order valence-electron chi connectivity index (χ3n) is 4.79. The molecule has 4 aromatic rings. The van der Waals surface area contributed by atoms with Crippen LogP contribution in [-0.2, 0) is 14.8 Å². The van der Waals surface area contributed by atoms with Gasteiger partial charge in [-0.25, -0.2) is 13.6 Å². The van der Waals surface area contributed by atoms with Crippen LogP contribution in [0.1, 0.15) is 11.6 Å². The van der Waals surface area contributed by atoms with Crippen molar-refractivity contribution >= 4 is 55.1 Å². The van der Waals surface area contributed by atoms with E-state index in [1.165, 1.54) is 23.5 Å². The minimum atomic E-state index is -3.92. The molecule has 5 rings (SSSR count). The predicted octanol–water partition coefficient (Wildman–Crippen LogP) is 3.75. The van der Waals surface area contributed by atoms with E-state index in [4.69, 9.17) is 5.14 Å². The average molecular weight is 470 g/mol. The summed E-state index contributed by atoms with van der Waals surface area (Å²) >= 11 is 2.92.